The zero-order chi connectivity index (χ0) is 18.4. The fourth-order valence-electron chi connectivity index (χ4n) is 4.82. The summed E-state index contributed by atoms with van der Waals surface area (Å²) >= 11 is 0. The van der Waals surface area contributed by atoms with Crippen molar-refractivity contribution >= 4 is 5.97 Å². The van der Waals surface area contributed by atoms with Gasteiger partial charge in [-0.05, 0) is 68.6 Å². The fraction of sp³-hybridized carbons (Fsp3) is 0.609. The Morgan fingerprint density at radius 1 is 1.22 bits per heavy atom. The van der Waals surface area contributed by atoms with Gasteiger partial charge in [0.2, 0.25) is 0 Å². The molecule has 1 N–H and O–H groups in total. The number of hydrogen-bond acceptors (Lipinski definition) is 2. The van der Waals surface area contributed by atoms with Gasteiger partial charge in [0.1, 0.15) is 5.75 Å². The van der Waals surface area contributed by atoms with Crippen molar-refractivity contribution < 1.29 is 45.6 Å². The summed E-state index contributed by atoms with van der Waals surface area (Å²) in [4.78, 5) is 11.0. The molecule has 0 saturated heterocycles. The van der Waals surface area contributed by atoms with Gasteiger partial charge in [-0.15, -0.1) is 5.92 Å². The van der Waals surface area contributed by atoms with Gasteiger partial charge in [0.15, 0.2) is 0 Å². The molecule has 27 heavy (non-hydrogen) atoms. The summed E-state index contributed by atoms with van der Waals surface area (Å²) in [5, 5.41) is 9.07. The molecule has 0 aliphatic heterocycles. The predicted molar refractivity (Wildman–Crippen MR) is 104 cm³/mol. The Bertz CT molecular complexity index is 666. The van der Waals surface area contributed by atoms with Crippen LogP contribution in [0.1, 0.15) is 84.0 Å². The van der Waals surface area contributed by atoms with Crippen molar-refractivity contribution in [1.29, 1.82) is 0 Å². The van der Waals surface area contributed by atoms with Gasteiger partial charge in [-0.3, -0.25) is 4.79 Å². The molecule has 1 spiro atoms. The number of rotatable bonds is 5. The molecule has 2 fully saturated rings. The van der Waals surface area contributed by atoms with E-state index in [1.165, 1.54) is 51.4 Å². The van der Waals surface area contributed by atoms with Crippen LogP contribution in [0.4, 0.5) is 0 Å². The maximum absolute atomic E-state index is 11.0. The van der Waals surface area contributed by atoms with Crippen LogP contribution in [0.3, 0.4) is 0 Å². The SMILES string of the molecule is CC#C[C@@H](CC(=O)O)c1ccc(OC2CCCC3(CCCCC3)C2)cc1.[H-].[Na+]. The van der Waals surface area contributed by atoms with Gasteiger partial charge in [-0.1, -0.05) is 37.3 Å². The molecular formula is C23H31NaO3. The fourth-order valence-corrected chi connectivity index (χ4v) is 4.82. The molecule has 1 unspecified atom stereocenters. The summed E-state index contributed by atoms with van der Waals surface area (Å²) in [6.45, 7) is 1.75. The Labute approximate surface area is 187 Å². The summed E-state index contributed by atoms with van der Waals surface area (Å²) < 4.78 is 6.31. The number of ether oxygens (including phenoxy) is 1. The number of carbonyl (C=O) groups is 1. The number of hydrogen-bond donors (Lipinski definition) is 1. The summed E-state index contributed by atoms with van der Waals surface area (Å²) in [5.41, 5.74) is 1.48. The summed E-state index contributed by atoms with van der Waals surface area (Å²) in [7, 11) is 0. The van der Waals surface area contributed by atoms with E-state index in [0.29, 0.717) is 11.5 Å². The van der Waals surface area contributed by atoms with Crippen LogP contribution < -0.4 is 34.3 Å². The average molecular weight is 378 g/mol. The normalized spacial score (nSPS) is 22.0. The van der Waals surface area contributed by atoms with Gasteiger partial charge in [0.05, 0.1) is 18.4 Å². The molecule has 1 aromatic rings. The van der Waals surface area contributed by atoms with Crippen LogP contribution in [0.5, 0.6) is 5.75 Å². The first-order valence-corrected chi connectivity index (χ1v) is 10.0. The predicted octanol–water partition coefficient (Wildman–Crippen LogP) is 2.66. The maximum Gasteiger partial charge on any atom is 1.00 e. The van der Waals surface area contributed by atoms with Crippen LogP contribution in [0.2, 0.25) is 0 Å². The largest absolute Gasteiger partial charge is 1.00 e. The van der Waals surface area contributed by atoms with E-state index in [4.69, 9.17) is 9.84 Å². The smallest absolute Gasteiger partial charge is 1.00 e. The van der Waals surface area contributed by atoms with Crippen LogP contribution in [0.15, 0.2) is 24.3 Å². The first-order chi connectivity index (χ1) is 12.6. The summed E-state index contributed by atoms with van der Waals surface area (Å²) in [5.74, 6) is 5.65. The molecule has 2 atom stereocenters. The molecular weight excluding hydrogens is 347 g/mol. The second-order valence-electron chi connectivity index (χ2n) is 8.01. The molecule has 2 saturated carbocycles. The monoisotopic (exact) mass is 378 g/mol. The van der Waals surface area contributed by atoms with Crippen molar-refractivity contribution in [1.82, 2.24) is 0 Å². The molecule has 2 aliphatic carbocycles. The van der Waals surface area contributed by atoms with Gasteiger partial charge in [0, 0.05) is 0 Å². The first kappa shape index (κ1) is 22.3. The Morgan fingerprint density at radius 2 is 1.89 bits per heavy atom. The van der Waals surface area contributed by atoms with E-state index in [1.54, 1.807) is 6.92 Å². The second kappa shape index (κ2) is 10.6. The molecule has 0 heterocycles. The Hall–Kier alpha value is -0.950. The topological polar surface area (TPSA) is 46.5 Å². The van der Waals surface area contributed by atoms with Crippen LogP contribution in [0, 0.1) is 17.3 Å². The summed E-state index contributed by atoms with van der Waals surface area (Å²) in [6, 6.07) is 7.88. The van der Waals surface area contributed by atoms with Gasteiger partial charge in [-0.25, -0.2) is 0 Å². The minimum atomic E-state index is -0.821. The van der Waals surface area contributed by atoms with Gasteiger partial charge in [0.25, 0.3) is 0 Å². The van der Waals surface area contributed by atoms with E-state index in [-0.39, 0.29) is 43.3 Å². The average Bonchev–Trinajstić information content (AvgIpc) is 2.62. The Morgan fingerprint density at radius 3 is 2.52 bits per heavy atom. The van der Waals surface area contributed by atoms with Crippen molar-refractivity contribution in [3.8, 4) is 17.6 Å². The van der Waals surface area contributed by atoms with Crippen LogP contribution in [0.25, 0.3) is 0 Å². The third-order valence-corrected chi connectivity index (χ3v) is 6.09. The molecule has 0 bridgehead atoms. The number of aliphatic carboxylic acids is 1. The third kappa shape index (κ3) is 6.28. The van der Waals surface area contributed by atoms with Gasteiger partial charge in [-0.2, -0.15) is 0 Å². The van der Waals surface area contributed by atoms with Crippen molar-refractivity contribution in [3.63, 3.8) is 0 Å². The van der Waals surface area contributed by atoms with Crippen molar-refractivity contribution in [2.45, 2.75) is 83.2 Å². The molecule has 0 radical (unpaired) electrons. The van der Waals surface area contributed by atoms with E-state index in [9.17, 15) is 4.79 Å². The molecule has 1 aromatic carbocycles. The van der Waals surface area contributed by atoms with Crippen molar-refractivity contribution in [3.05, 3.63) is 29.8 Å². The van der Waals surface area contributed by atoms with Crippen LogP contribution in [-0.2, 0) is 4.79 Å². The third-order valence-electron chi connectivity index (χ3n) is 6.09. The number of carboxylic acid groups (broad SMARTS) is 1. The zero-order valence-corrected chi connectivity index (χ0v) is 18.8. The van der Waals surface area contributed by atoms with E-state index < -0.39 is 5.97 Å². The first-order valence-electron chi connectivity index (χ1n) is 10.0. The number of benzene rings is 1. The number of carboxylic acids is 1. The van der Waals surface area contributed by atoms with Crippen molar-refractivity contribution in [2.75, 3.05) is 0 Å². The minimum Gasteiger partial charge on any atom is -1.00 e. The van der Waals surface area contributed by atoms with E-state index in [0.717, 1.165) is 17.7 Å². The summed E-state index contributed by atoms with van der Waals surface area (Å²) in [6.07, 6.45) is 12.2. The van der Waals surface area contributed by atoms with E-state index in [1.807, 2.05) is 24.3 Å². The molecule has 3 rings (SSSR count). The van der Waals surface area contributed by atoms with E-state index in [2.05, 4.69) is 11.8 Å². The molecule has 3 nitrogen and oxygen atoms in total. The molecule has 0 aromatic heterocycles. The van der Waals surface area contributed by atoms with Gasteiger partial charge < -0.3 is 11.3 Å². The van der Waals surface area contributed by atoms with Crippen molar-refractivity contribution in [2.24, 2.45) is 5.41 Å². The molecule has 2 aliphatic rings. The van der Waals surface area contributed by atoms with E-state index >= 15 is 0 Å². The molecule has 4 heteroatoms. The standard InChI is InChI=1S/C23H30O3.Na.H/c1-2-7-19(16-22(24)25)18-9-11-20(12-10-18)26-21-8-6-15-23(17-21)13-4-3-5-14-23;;/h9-12,19,21H,3-6,8,13-17H2,1H3,(H,24,25);;/q;+1;-1/t19-,21?;;/m0../s1. The van der Waals surface area contributed by atoms with Gasteiger partial charge >= 0.3 is 35.5 Å². The second-order valence-corrected chi connectivity index (χ2v) is 8.01. The van der Waals surface area contributed by atoms with Crippen LogP contribution >= 0.6 is 0 Å². The Kier molecular flexibility index (Phi) is 8.73. The maximum atomic E-state index is 11.0. The van der Waals surface area contributed by atoms with Crippen LogP contribution in [-0.4, -0.2) is 17.2 Å². The molecule has 142 valence electrons. The quantitative estimate of drug-likeness (QED) is 0.633. The molecule has 0 amide bonds. The zero-order valence-electron chi connectivity index (χ0n) is 17.8. The minimum absolute atomic E-state index is 0. The Balaban J connectivity index is 0.00000196.